The van der Waals surface area contributed by atoms with Crippen LogP contribution in [0.4, 0.5) is 0 Å². The quantitative estimate of drug-likeness (QED) is 0.835. The monoisotopic (exact) mass is 314 g/mol. The lowest BCUT2D eigenvalue weighted by Crippen LogP contribution is -2.44. The maximum Gasteiger partial charge on any atom is 0.220 e. The van der Waals surface area contributed by atoms with Crippen LogP contribution in [0.3, 0.4) is 0 Å². The third kappa shape index (κ3) is 4.35. The van der Waals surface area contributed by atoms with E-state index in [1.165, 1.54) is 57.8 Å². The number of halogens is 1. The first-order valence-corrected chi connectivity index (χ1v) is 8.80. The summed E-state index contributed by atoms with van der Waals surface area (Å²) in [6.45, 7) is 2.26. The molecule has 4 atom stereocenters. The standard InChI is InChI=1S/C17H30N2O.ClH/c1-2-13-5-3-4-6-16(13)19-17(20)11-12-9-14-7-8-15(10-12)18-14;/h12-16,18H,2-11H2,1H3,(H,19,20);1H. The summed E-state index contributed by atoms with van der Waals surface area (Å²) in [6.07, 6.45) is 12.2. The molecule has 3 aliphatic rings. The second-order valence-corrected chi connectivity index (χ2v) is 7.31. The lowest BCUT2D eigenvalue weighted by Gasteiger charge is -2.33. The molecule has 3 nitrogen and oxygen atoms in total. The van der Waals surface area contributed by atoms with Gasteiger partial charge in [0.05, 0.1) is 0 Å². The summed E-state index contributed by atoms with van der Waals surface area (Å²) in [5.41, 5.74) is 0. The van der Waals surface area contributed by atoms with Crippen LogP contribution in [-0.2, 0) is 4.79 Å². The summed E-state index contributed by atoms with van der Waals surface area (Å²) < 4.78 is 0. The molecule has 3 fully saturated rings. The van der Waals surface area contributed by atoms with E-state index in [-0.39, 0.29) is 12.4 Å². The number of amides is 1. The molecule has 4 heteroatoms. The van der Waals surface area contributed by atoms with E-state index >= 15 is 0 Å². The Bertz CT molecular complexity index is 338. The van der Waals surface area contributed by atoms with Crippen molar-refractivity contribution in [3.63, 3.8) is 0 Å². The number of rotatable bonds is 4. The van der Waals surface area contributed by atoms with E-state index in [9.17, 15) is 4.79 Å². The molecule has 122 valence electrons. The SMILES string of the molecule is CCC1CCCCC1NC(=O)CC1CC2CCC(C1)N2.Cl. The minimum atomic E-state index is 0. The van der Waals surface area contributed by atoms with Crippen LogP contribution in [0, 0.1) is 11.8 Å². The molecule has 1 saturated carbocycles. The van der Waals surface area contributed by atoms with Crippen LogP contribution in [0.25, 0.3) is 0 Å². The van der Waals surface area contributed by atoms with Crippen molar-refractivity contribution in [3.8, 4) is 0 Å². The number of piperidine rings is 1. The topological polar surface area (TPSA) is 41.1 Å². The molecule has 2 bridgehead atoms. The fourth-order valence-electron chi connectivity index (χ4n) is 4.76. The molecule has 21 heavy (non-hydrogen) atoms. The minimum Gasteiger partial charge on any atom is -0.353 e. The van der Waals surface area contributed by atoms with E-state index in [1.807, 2.05) is 0 Å². The predicted octanol–water partition coefficient (Wildman–Crippen LogP) is 3.41. The molecular weight excluding hydrogens is 284 g/mol. The molecule has 0 radical (unpaired) electrons. The first-order chi connectivity index (χ1) is 9.74. The maximum absolute atomic E-state index is 12.3. The van der Waals surface area contributed by atoms with E-state index in [0.717, 1.165) is 12.3 Å². The van der Waals surface area contributed by atoms with Crippen LogP contribution in [-0.4, -0.2) is 24.0 Å². The summed E-state index contributed by atoms with van der Waals surface area (Å²) >= 11 is 0. The normalized spacial score (nSPS) is 38.6. The van der Waals surface area contributed by atoms with Crippen LogP contribution in [0.15, 0.2) is 0 Å². The van der Waals surface area contributed by atoms with E-state index < -0.39 is 0 Å². The van der Waals surface area contributed by atoms with Gasteiger partial charge in [0.25, 0.3) is 0 Å². The molecule has 2 heterocycles. The molecule has 0 aromatic carbocycles. The van der Waals surface area contributed by atoms with Crippen molar-refractivity contribution in [2.75, 3.05) is 0 Å². The summed E-state index contributed by atoms with van der Waals surface area (Å²) in [5, 5.41) is 7.02. The molecule has 0 spiro atoms. The molecule has 1 amide bonds. The van der Waals surface area contributed by atoms with Crippen molar-refractivity contribution in [2.24, 2.45) is 11.8 Å². The number of carbonyl (C=O) groups excluding carboxylic acids is 1. The Morgan fingerprint density at radius 2 is 1.76 bits per heavy atom. The maximum atomic E-state index is 12.3. The number of hydrogen-bond donors (Lipinski definition) is 2. The molecule has 2 N–H and O–H groups in total. The Kier molecular flexibility index (Phi) is 6.36. The van der Waals surface area contributed by atoms with Gasteiger partial charge < -0.3 is 10.6 Å². The number of fused-ring (bicyclic) bond motifs is 2. The van der Waals surface area contributed by atoms with Gasteiger partial charge in [-0.2, -0.15) is 0 Å². The number of carbonyl (C=O) groups is 1. The van der Waals surface area contributed by atoms with Crippen molar-refractivity contribution in [1.82, 2.24) is 10.6 Å². The lowest BCUT2D eigenvalue weighted by atomic mass is 9.82. The molecule has 0 aromatic heterocycles. The largest absolute Gasteiger partial charge is 0.353 e. The van der Waals surface area contributed by atoms with Crippen molar-refractivity contribution < 1.29 is 4.79 Å². The van der Waals surface area contributed by atoms with Gasteiger partial charge in [0.2, 0.25) is 5.91 Å². The van der Waals surface area contributed by atoms with Gasteiger partial charge >= 0.3 is 0 Å². The van der Waals surface area contributed by atoms with Crippen LogP contribution in [0.2, 0.25) is 0 Å². The van der Waals surface area contributed by atoms with Gasteiger partial charge in [0.1, 0.15) is 0 Å². The fourth-order valence-corrected chi connectivity index (χ4v) is 4.76. The molecule has 3 rings (SSSR count). The Balaban J connectivity index is 0.00000161. The third-order valence-electron chi connectivity index (χ3n) is 5.82. The highest BCUT2D eigenvalue weighted by Crippen LogP contribution is 2.33. The highest BCUT2D eigenvalue weighted by Gasteiger charge is 2.34. The fraction of sp³-hybridized carbons (Fsp3) is 0.941. The van der Waals surface area contributed by atoms with E-state index in [2.05, 4.69) is 17.6 Å². The molecule has 2 aliphatic heterocycles. The smallest absolute Gasteiger partial charge is 0.220 e. The lowest BCUT2D eigenvalue weighted by molar-refractivity contribution is -0.123. The molecule has 4 unspecified atom stereocenters. The number of hydrogen-bond acceptors (Lipinski definition) is 2. The summed E-state index contributed by atoms with van der Waals surface area (Å²) in [6, 6.07) is 1.86. The van der Waals surface area contributed by atoms with Gasteiger partial charge in [-0.3, -0.25) is 4.79 Å². The van der Waals surface area contributed by atoms with Gasteiger partial charge in [-0.1, -0.05) is 26.2 Å². The van der Waals surface area contributed by atoms with Gasteiger partial charge in [0, 0.05) is 24.5 Å². The molecule has 2 saturated heterocycles. The Morgan fingerprint density at radius 1 is 1.10 bits per heavy atom. The molecule has 0 aromatic rings. The van der Waals surface area contributed by atoms with Crippen molar-refractivity contribution in [1.29, 1.82) is 0 Å². The first-order valence-electron chi connectivity index (χ1n) is 8.80. The van der Waals surface area contributed by atoms with Crippen LogP contribution >= 0.6 is 12.4 Å². The Morgan fingerprint density at radius 3 is 2.43 bits per heavy atom. The zero-order chi connectivity index (χ0) is 13.9. The van der Waals surface area contributed by atoms with Crippen molar-refractivity contribution >= 4 is 18.3 Å². The van der Waals surface area contributed by atoms with E-state index in [1.54, 1.807) is 0 Å². The van der Waals surface area contributed by atoms with E-state index in [0.29, 0.717) is 30.0 Å². The number of nitrogens with one attached hydrogen (secondary N) is 2. The molecular formula is C17H31ClN2O. The average molecular weight is 315 g/mol. The first kappa shape index (κ1) is 17.1. The zero-order valence-corrected chi connectivity index (χ0v) is 14.1. The average Bonchev–Trinajstić information content (AvgIpc) is 2.78. The summed E-state index contributed by atoms with van der Waals surface area (Å²) in [7, 11) is 0. The predicted molar refractivity (Wildman–Crippen MR) is 88.7 cm³/mol. The van der Waals surface area contributed by atoms with Crippen LogP contribution in [0.5, 0.6) is 0 Å². The van der Waals surface area contributed by atoms with E-state index in [4.69, 9.17) is 0 Å². The Hall–Kier alpha value is -0.280. The van der Waals surface area contributed by atoms with Crippen LogP contribution < -0.4 is 10.6 Å². The van der Waals surface area contributed by atoms with Crippen molar-refractivity contribution in [2.45, 2.75) is 89.3 Å². The highest BCUT2D eigenvalue weighted by molar-refractivity contribution is 5.85. The molecule has 1 aliphatic carbocycles. The van der Waals surface area contributed by atoms with Gasteiger partial charge in [-0.25, -0.2) is 0 Å². The summed E-state index contributed by atoms with van der Waals surface area (Å²) in [5.74, 6) is 1.66. The second kappa shape index (κ2) is 7.82. The zero-order valence-electron chi connectivity index (χ0n) is 13.3. The summed E-state index contributed by atoms with van der Waals surface area (Å²) in [4.78, 5) is 12.3. The Labute approximate surface area is 135 Å². The van der Waals surface area contributed by atoms with Crippen LogP contribution in [0.1, 0.15) is 71.1 Å². The minimum absolute atomic E-state index is 0. The van der Waals surface area contributed by atoms with Gasteiger partial charge in [-0.15, -0.1) is 12.4 Å². The third-order valence-corrected chi connectivity index (χ3v) is 5.82. The van der Waals surface area contributed by atoms with Gasteiger partial charge in [-0.05, 0) is 50.4 Å². The van der Waals surface area contributed by atoms with Crippen molar-refractivity contribution in [3.05, 3.63) is 0 Å². The second-order valence-electron chi connectivity index (χ2n) is 7.31. The van der Waals surface area contributed by atoms with Gasteiger partial charge in [0.15, 0.2) is 0 Å². The highest BCUT2D eigenvalue weighted by atomic mass is 35.5.